The first-order valence-electron chi connectivity index (χ1n) is 5.54. The van der Waals surface area contributed by atoms with Crippen molar-refractivity contribution < 1.29 is 4.42 Å². The third-order valence-corrected chi connectivity index (χ3v) is 4.54. The van der Waals surface area contributed by atoms with Gasteiger partial charge in [-0.1, -0.05) is 13.8 Å². The standard InChI is InChI=1S/C12H18BrNO/c1-4-12(2)8(7-10(12)14-3)9-5-6-11(13)15-9/h5-6,8,10,14H,4,7H2,1-3H3. The third-order valence-electron chi connectivity index (χ3n) is 4.11. The number of hydrogen-bond acceptors (Lipinski definition) is 2. The van der Waals surface area contributed by atoms with Crippen molar-refractivity contribution in [3.63, 3.8) is 0 Å². The maximum Gasteiger partial charge on any atom is 0.169 e. The third kappa shape index (κ3) is 1.66. The van der Waals surface area contributed by atoms with Gasteiger partial charge in [0.05, 0.1) is 0 Å². The second-order valence-corrected chi connectivity index (χ2v) is 5.41. The van der Waals surface area contributed by atoms with Crippen molar-refractivity contribution in [2.45, 2.75) is 38.6 Å². The lowest BCUT2D eigenvalue weighted by molar-refractivity contribution is 0.0364. The molecule has 1 aromatic heterocycles. The van der Waals surface area contributed by atoms with E-state index in [1.165, 1.54) is 12.8 Å². The van der Waals surface area contributed by atoms with Crippen LogP contribution in [0.4, 0.5) is 0 Å². The highest BCUT2D eigenvalue weighted by molar-refractivity contribution is 9.10. The molecule has 0 aliphatic heterocycles. The number of furan rings is 1. The molecule has 1 saturated carbocycles. The molecular weight excluding hydrogens is 254 g/mol. The fourth-order valence-electron chi connectivity index (χ4n) is 2.75. The molecule has 84 valence electrons. The second kappa shape index (κ2) is 3.95. The summed E-state index contributed by atoms with van der Waals surface area (Å²) in [5, 5.41) is 3.40. The molecule has 1 fully saturated rings. The number of rotatable bonds is 3. The van der Waals surface area contributed by atoms with Crippen LogP contribution in [0.15, 0.2) is 21.2 Å². The van der Waals surface area contributed by atoms with Gasteiger partial charge in [0.2, 0.25) is 0 Å². The Morgan fingerprint density at radius 1 is 1.60 bits per heavy atom. The first kappa shape index (κ1) is 11.2. The zero-order valence-electron chi connectivity index (χ0n) is 9.51. The summed E-state index contributed by atoms with van der Waals surface area (Å²) < 4.78 is 6.50. The maximum absolute atomic E-state index is 5.67. The van der Waals surface area contributed by atoms with E-state index in [9.17, 15) is 0 Å². The molecule has 1 aromatic rings. The largest absolute Gasteiger partial charge is 0.454 e. The van der Waals surface area contributed by atoms with Crippen LogP contribution in [0.1, 0.15) is 38.4 Å². The summed E-state index contributed by atoms with van der Waals surface area (Å²) in [7, 11) is 2.05. The molecule has 0 amide bonds. The zero-order chi connectivity index (χ0) is 11.1. The Morgan fingerprint density at radius 3 is 2.80 bits per heavy atom. The van der Waals surface area contributed by atoms with Crippen LogP contribution in [0.5, 0.6) is 0 Å². The molecule has 3 atom stereocenters. The molecule has 1 heterocycles. The van der Waals surface area contributed by atoms with Crippen molar-refractivity contribution >= 4 is 15.9 Å². The Balaban J connectivity index is 2.19. The maximum atomic E-state index is 5.67. The van der Waals surface area contributed by atoms with Gasteiger partial charge in [0, 0.05) is 12.0 Å². The summed E-state index contributed by atoms with van der Waals surface area (Å²) >= 11 is 3.36. The quantitative estimate of drug-likeness (QED) is 0.910. The molecule has 1 aliphatic rings. The number of hydrogen-bond donors (Lipinski definition) is 1. The van der Waals surface area contributed by atoms with E-state index in [1.807, 2.05) is 13.1 Å². The van der Waals surface area contributed by atoms with Crippen molar-refractivity contribution in [3.05, 3.63) is 22.6 Å². The highest BCUT2D eigenvalue weighted by Crippen LogP contribution is 2.55. The summed E-state index contributed by atoms with van der Waals surface area (Å²) in [6.45, 7) is 4.60. The van der Waals surface area contributed by atoms with Crippen molar-refractivity contribution in [3.8, 4) is 0 Å². The Morgan fingerprint density at radius 2 is 2.33 bits per heavy atom. The van der Waals surface area contributed by atoms with E-state index < -0.39 is 0 Å². The highest BCUT2D eigenvalue weighted by Gasteiger charge is 2.51. The fourth-order valence-corrected chi connectivity index (χ4v) is 3.07. The normalized spacial score (nSPS) is 35.2. The molecule has 0 saturated heterocycles. The minimum absolute atomic E-state index is 0.339. The Kier molecular flexibility index (Phi) is 2.95. The van der Waals surface area contributed by atoms with Gasteiger partial charge in [-0.05, 0) is 53.4 Å². The summed E-state index contributed by atoms with van der Waals surface area (Å²) in [5.41, 5.74) is 0.339. The minimum Gasteiger partial charge on any atom is -0.454 e. The van der Waals surface area contributed by atoms with Gasteiger partial charge in [-0.25, -0.2) is 0 Å². The fraction of sp³-hybridized carbons (Fsp3) is 0.667. The van der Waals surface area contributed by atoms with Crippen molar-refractivity contribution in [2.24, 2.45) is 5.41 Å². The van der Waals surface area contributed by atoms with Crippen LogP contribution < -0.4 is 5.32 Å². The van der Waals surface area contributed by atoms with Crippen LogP contribution in [0, 0.1) is 5.41 Å². The second-order valence-electron chi connectivity index (χ2n) is 4.63. The Hall–Kier alpha value is -0.280. The number of nitrogens with one attached hydrogen (secondary N) is 1. The molecule has 15 heavy (non-hydrogen) atoms. The van der Waals surface area contributed by atoms with Crippen LogP contribution in [-0.2, 0) is 0 Å². The molecule has 2 nitrogen and oxygen atoms in total. The summed E-state index contributed by atoms with van der Waals surface area (Å²) in [5.74, 6) is 1.68. The molecular formula is C12H18BrNO. The summed E-state index contributed by atoms with van der Waals surface area (Å²) in [6, 6.07) is 4.70. The Bertz CT molecular complexity index is 349. The van der Waals surface area contributed by atoms with E-state index in [0.717, 1.165) is 10.4 Å². The van der Waals surface area contributed by atoms with Gasteiger partial charge in [-0.15, -0.1) is 0 Å². The monoisotopic (exact) mass is 271 g/mol. The topological polar surface area (TPSA) is 25.2 Å². The van der Waals surface area contributed by atoms with Crippen LogP contribution >= 0.6 is 15.9 Å². The molecule has 2 rings (SSSR count). The predicted molar refractivity (Wildman–Crippen MR) is 65.0 cm³/mol. The Labute approximate surface area is 99.6 Å². The van der Waals surface area contributed by atoms with Gasteiger partial charge in [-0.3, -0.25) is 0 Å². The van der Waals surface area contributed by atoms with Crippen LogP contribution in [0.2, 0.25) is 0 Å². The molecule has 3 heteroatoms. The summed E-state index contributed by atoms with van der Waals surface area (Å²) in [6.07, 6.45) is 2.36. The predicted octanol–water partition coefficient (Wildman–Crippen LogP) is 3.53. The van der Waals surface area contributed by atoms with Gasteiger partial charge in [0.15, 0.2) is 4.67 Å². The van der Waals surface area contributed by atoms with Crippen LogP contribution in [0.25, 0.3) is 0 Å². The lowest BCUT2D eigenvalue weighted by Gasteiger charge is -2.53. The smallest absolute Gasteiger partial charge is 0.169 e. The van der Waals surface area contributed by atoms with E-state index in [4.69, 9.17) is 4.42 Å². The van der Waals surface area contributed by atoms with Crippen molar-refractivity contribution in [2.75, 3.05) is 7.05 Å². The molecule has 1 aliphatic carbocycles. The van der Waals surface area contributed by atoms with Gasteiger partial charge in [0.1, 0.15) is 5.76 Å². The lowest BCUT2D eigenvalue weighted by atomic mass is 9.55. The average molecular weight is 272 g/mol. The molecule has 0 aromatic carbocycles. The summed E-state index contributed by atoms with van der Waals surface area (Å²) in [4.78, 5) is 0. The first-order chi connectivity index (χ1) is 7.11. The molecule has 1 N–H and O–H groups in total. The van der Waals surface area contributed by atoms with E-state index >= 15 is 0 Å². The average Bonchev–Trinajstić information content (AvgIpc) is 2.62. The molecule has 0 radical (unpaired) electrons. The number of halogens is 1. The van der Waals surface area contributed by atoms with Gasteiger partial charge in [0.25, 0.3) is 0 Å². The van der Waals surface area contributed by atoms with Gasteiger partial charge in [-0.2, -0.15) is 0 Å². The highest BCUT2D eigenvalue weighted by atomic mass is 79.9. The van der Waals surface area contributed by atoms with Gasteiger partial charge < -0.3 is 9.73 Å². The first-order valence-corrected chi connectivity index (χ1v) is 6.33. The molecule has 0 bridgehead atoms. The van der Waals surface area contributed by atoms with Crippen LogP contribution in [-0.4, -0.2) is 13.1 Å². The molecule has 0 spiro atoms. The minimum atomic E-state index is 0.339. The SMILES string of the molecule is CCC1(C)C(NC)CC1c1ccc(Br)o1. The lowest BCUT2D eigenvalue weighted by Crippen LogP contribution is -2.55. The zero-order valence-corrected chi connectivity index (χ0v) is 11.1. The van der Waals surface area contributed by atoms with E-state index in [-0.39, 0.29) is 0 Å². The van der Waals surface area contributed by atoms with Gasteiger partial charge >= 0.3 is 0 Å². The van der Waals surface area contributed by atoms with E-state index in [0.29, 0.717) is 17.4 Å². The van der Waals surface area contributed by atoms with E-state index in [1.54, 1.807) is 0 Å². The van der Waals surface area contributed by atoms with Crippen molar-refractivity contribution in [1.82, 2.24) is 5.32 Å². The van der Waals surface area contributed by atoms with E-state index in [2.05, 4.69) is 41.2 Å². The van der Waals surface area contributed by atoms with Crippen LogP contribution in [0.3, 0.4) is 0 Å². The molecule has 3 unspecified atom stereocenters. The van der Waals surface area contributed by atoms with Crippen molar-refractivity contribution in [1.29, 1.82) is 0 Å².